The number of rotatable bonds is 2. The molecular weight excluding hydrogens is 508 g/mol. The van der Waals surface area contributed by atoms with Crippen LogP contribution in [-0.2, 0) is 6.18 Å². The van der Waals surface area contributed by atoms with E-state index < -0.39 is 11.7 Å². The summed E-state index contributed by atoms with van der Waals surface area (Å²) < 4.78 is 41.7. The molecule has 1 atom stereocenters. The second-order valence-corrected chi connectivity index (χ2v) is 7.96. The van der Waals surface area contributed by atoms with Crippen LogP contribution in [-0.4, -0.2) is 12.9 Å². The highest BCUT2D eigenvalue weighted by atomic mass is 127. The smallest absolute Gasteiger partial charge is 0.345 e. The summed E-state index contributed by atoms with van der Waals surface area (Å²) >= 11 is 5.76. The van der Waals surface area contributed by atoms with Crippen molar-refractivity contribution in [3.05, 3.63) is 60.6 Å². The molecule has 25 heavy (non-hydrogen) atoms. The van der Waals surface area contributed by atoms with Gasteiger partial charge in [0.1, 0.15) is 6.67 Å². The average molecular weight is 523 g/mol. The van der Waals surface area contributed by atoms with E-state index in [9.17, 15) is 13.2 Å². The summed E-state index contributed by atoms with van der Waals surface area (Å²) in [4.78, 5) is 6.40. The van der Waals surface area contributed by atoms with Crippen molar-refractivity contribution >= 4 is 50.4 Å². The van der Waals surface area contributed by atoms with E-state index in [4.69, 9.17) is 0 Å². The van der Waals surface area contributed by atoms with Gasteiger partial charge in [0, 0.05) is 25.5 Å². The highest BCUT2D eigenvalue weighted by Crippen LogP contribution is 2.39. The van der Waals surface area contributed by atoms with Crippen molar-refractivity contribution in [2.75, 3.05) is 11.6 Å². The lowest BCUT2D eigenvalue weighted by molar-refractivity contribution is -0.138. The van der Waals surface area contributed by atoms with E-state index in [0.717, 1.165) is 25.4 Å². The zero-order valence-corrected chi connectivity index (χ0v) is 17.3. The number of nitrogens with zero attached hydrogens (tertiary/aromatic N) is 2. The molecule has 132 valence electrons. The Balaban J connectivity index is 2.05. The first-order valence-corrected chi connectivity index (χ1v) is 9.49. The van der Waals surface area contributed by atoms with Crippen LogP contribution < -0.4 is 4.90 Å². The van der Waals surface area contributed by atoms with Crippen LogP contribution in [0.4, 0.5) is 18.9 Å². The van der Waals surface area contributed by atoms with Gasteiger partial charge < -0.3 is 4.90 Å². The number of aliphatic imine (C=N–C) groups is 1. The number of hydrogen-bond acceptors (Lipinski definition) is 2. The predicted molar refractivity (Wildman–Crippen MR) is 106 cm³/mol. The quantitative estimate of drug-likeness (QED) is 0.420. The van der Waals surface area contributed by atoms with Gasteiger partial charge in [-0.3, -0.25) is 4.99 Å². The van der Waals surface area contributed by atoms with Crippen molar-refractivity contribution in [2.24, 2.45) is 4.99 Å². The van der Waals surface area contributed by atoms with E-state index in [1.54, 1.807) is 6.07 Å². The third kappa shape index (κ3) is 3.58. The van der Waals surface area contributed by atoms with Crippen LogP contribution >= 0.6 is 38.5 Å². The Bertz CT molecular complexity index is 849. The highest BCUT2D eigenvalue weighted by molar-refractivity contribution is 14.1. The Kier molecular flexibility index (Phi) is 5.16. The van der Waals surface area contributed by atoms with E-state index >= 15 is 0 Å². The average Bonchev–Trinajstić information content (AvgIpc) is 2.54. The molecule has 0 spiro atoms. The van der Waals surface area contributed by atoms with Crippen LogP contribution in [0.15, 0.2) is 39.8 Å². The summed E-state index contributed by atoms with van der Waals surface area (Å²) in [5.41, 5.74) is 2.28. The van der Waals surface area contributed by atoms with Crippen LogP contribution in [0.3, 0.4) is 0 Å². The second kappa shape index (κ2) is 6.90. The van der Waals surface area contributed by atoms with Crippen LogP contribution in [0, 0.1) is 10.5 Å². The zero-order chi connectivity index (χ0) is 18.4. The Morgan fingerprint density at radius 1 is 1.28 bits per heavy atom. The molecule has 0 saturated heterocycles. The lowest BCUT2D eigenvalue weighted by Crippen LogP contribution is -2.31. The van der Waals surface area contributed by atoms with E-state index in [1.807, 2.05) is 30.2 Å². The molecule has 0 N–H and O–H groups in total. The molecule has 7 heteroatoms. The van der Waals surface area contributed by atoms with E-state index in [1.165, 1.54) is 13.0 Å². The maximum Gasteiger partial charge on any atom is 0.416 e. The Morgan fingerprint density at radius 2 is 2.00 bits per heavy atom. The maximum absolute atomic E-state index is 13.2. The first kappa shape index (κ1) is 18.7. The third-order valence-corrected chi connectivity index (χ3v) is 6.73. The van der Waals surface area contributed by atoms with Gasteiger partial charge in [0.25, 0.3) is 0 Å². The fourth-order valence-corrected chi connectivity index (χ4v) is 3.94. The first-order chi connectivity index (χ1) is 11.7. The summed E-state index contributed by atoms with van der Waals surface area (Å²) in [6, 6.07) is 8.15. The van der Waals surface area contributed by atoms with Gasteiger partial charge in [0.2, 0.25) is 0 Å². The van der Waals surface area contributed by atoms with Crippen molar-refractivity contribution in [3.8, 4) is 0 Å². The molecule has 0 aromatic heterocycles. The summed E-state index contributed by atoms with van der Waals surface area (Å²) in [6.45, 7) is 3.86. The minimum atomic E-state index is -4.35. The maximum atomic E-state index is 13.2. The lowest BCUT2D eigenvalue weighted by atomic mass is 9.95. The molecule has 0 unspecified atom stereocenters. The normalized spacial score (nSPS) is 15.2. The summed E-state index contributed by atoms with van der Waals surface area (Å²) in [5.74, 6) is 0. The molecular formula is C18H15BrF3IN2. The minimum absolute atomic E-state index is 0.231. The topological polar surface area (TPSA) is 15.6 Å². The van der Waals surface area contributed by atoms with E-state index in [0.29, 0.717) is 12.2 Å². The van der Waals surface area contributed by atoms with Gasteiger partial charge in [-0.05, 0) is 81.7 Å². The fourth-order valence-electron chi connectivity index (χ4n) is 3.12. The largest absolute Gasteiger partial charge is 0.416 e. The van der Waals surface area contributed by atoms with Gasteiger partial charge in [-0.25, -0.2) is 0 Å². The number of fused-ring (bicyclic) bond motifs is 1. The lowest BCUT2D eigenvalue weighted by Gasteiger charge is -2.34. The number of benzene rings is 2. The SMILES string of the molecule is Cc1c([C@@H](C)N2CN=Cc3cc(I)c(Br)cc32)cccc1C(F)(F)F. The van der Waals surface area contributed by atoms with Crippen LogP contribution in [0.1, 0.15) is 35.2 Å². The molecule has 0 radical (unpaired) electrons. The molecule has 0 fully saturated rings. The standard InChI is InChI=1S/C18H15BrF3IN2/c1-10-13(4-3-5-14(10)18(20,21)22)11(2)25-9-24-8-12-6-16(23)15(19)7-17(12)25/h3-8,11H,9H2,1-2H3/t11-/m1/s1. The Labute approximate surface area is 166 Å². The summed E-state index contributed by atoms with van der Waals surface area (Å²) in [5, 5.41) is 0. The molecule has 2 aromatic rings. The van der Waals surface area contributed by atoms with Crippen molar-refractivity contribution in [1.82, 2.24) is 0 Å². The molecule has 2 aromatic carbocycles. The van der Waals surface area contributed by atoms with Gasteiger partial charge in [0.05, 0.1) is 11.6 Å². The van der Waals surface area contributed by atoms with Crippen LogP contribution in [0.2, 0.25) is 0 Å². The Hall–Kier alpha value is -1.09. The molecule has 0 saturated carbocycles. The van der Waals surface area contributed by atoms with E-state index in [-0.39, 0.29) is 11.6 Å². The Morgan fingerprint density at radius 3 is 2.68 bits per heavy atom. The van der Waals surface area contributed by atoms with Gasteiger partial charge in [-0.1, -0.05) is 12.1 Å². The molecule has 0 amide bonds. The summed E-state index contributed by atoms with van der Waals surface area (Å²) in [6.07, 6.45) is -2.54. The molecule has 1 heterocycles. The summed E-state index contributed by atoms with van der Waals surface area (Å²) in [7, 11) is 0. The number of hydrogen-bond donors (Lipinski definition) is 0. The van der Waals surface area contributed by atoms with Crippen molar-refractivity contribution in [3.63, 3.8) is 0 Å². The molecule has 1 aliphatic heterocycles. The first-order valence-electron chi connectivity index (χ1n) is 7.62. The minimum Gasteiger partial charge on any atom is -0.345 e. The molecule has 2 nitrogen and oxygen atoms in total. The molecule has 3 rings (SSSR count). The molecule has 0 aliphatic carbocycles. The molecule has 0 bridgehead atoms. The van der Waals surface area contributed by atoms with Gasteiger partial charge in [-0.15, -0.1) is 0 Å². The van der Waals surface area contributed by atoms with Crippen molar-refractivity contribution in [1.29, 1.82) is 0 Å². The van der Waals surface area contributed by atoms with Crippen molar-refractivity contribution in [2.45, 2.75) is 26.1 Å². The van der Waals surface area contributed by atoms with Gasteiger partial charge in [0.15, 0.2) is 0 Å². The van der Waals surface area contributed by atoms with Crippen LogP contribution in [0.5, 0.6) is 0 Å². The van der Waals surface area contributed by atoms with Gasteiger partial charge >= 0.3 is 6.18 Å². The van der Waals surface area contributed by atoms with Crippen LogP contribution in [0.25, 0.3) is 0 Å². The number of anilines is 1. The molecule has 1 aliphatic rings. The van der Waals surface area contributed by atoms with Crippen molar-refractivity contribution < 1.29 is 13.2 Å². The number of halogens is 5. The second-order valence-electron chi connectivity index (χ2n) is 5.94. The monoisotopic (exact) mass is 522 g/mol. The number of alkyl halides is 3. The fraction of sp³-hybridized carbons (Fsp3) is 0.278. The third-order valence-electron chi connectivity index (χ3n) is 4.44. The zero-order valence-electron chi connectivity index (χ0n) is 13.5. The van der Waals surface area contributed by atoms with E-state index in [2.05, 4.69) is 43.5 Å². The van der Waals surface area contributed by atoms with Gasteiger partial charge in [-0.2, -0.15) is 13.2 Å². The highest BCUT2D eigenvalue weighted by Gasteiger charge is 2.34. The predicted octanol–water partition coefficient (Wildman–Crippen LogP) is 6.34.